The maximum absolute atomic E-state index is 11.7. The van der Waals surface area contributed by atoms with Crippen LogP contribution in [0.3, 0.4) is 0 Å². The fraction of sp³-hybridized carbons (Fsp3) is 0.462. The Balaban J connectivity index is 2.07. The van der Waals surface area contributed by atoms with E-state index in [1.54, 1.807) is 4.90 Å². The van der Waals surface area contributed by atoms with E-state index in [2.05, 4.69) is 28.4 Å². The van der Waals surface area contributed by atoms with E-state index in [0.29, 0.717) is 6.54 Å². The number of fused-ring (bicyclic) bond motifs is 1. The molecule has 2 amide bonds. The van der Waals surface area contributed by atoms with E-state index in [9.17, 15) is 4.79 Å². The van der Waals surface area contributed by atoms with Gasteiger partial charge in [-0.2, -0.15) is 0 Å². The molecule has 0 spiro atoms. The molecule has 1 N–H and O–H groups in total. The van der Waals surface area contributed by atoms with Crippen LogP contribution in [0.25, 0.3) is 0 Å². The predicted molar refractivity (Wildman–Crippen MR) is 68.5 cm³/mol. The number of nitrogens with zero attached hydrogens (tertiary/aromatic N) is 2. The van der Waals surface area contributed by atoms with E-state index >= 15 is 0 Å². The Bertz CT molecular complexity index is 452. The van der Waals surface area contributed by atoms with Crippen LogP contribution in [0.15, 0.2) is 18.2 Å². The molecule has 3 rings (SSSR count). The SMILES string of the molecule is CN1C(=O)NCc2cccc(N3CCCC3)c21. The van der Waals surface area contributed by atoms with Crippen LogP contribution < -0.4 is 15.1 Å². The number of urea groups is 1. The summed E-state index contributed by atoms with van der Waals surface area (Å²) in [6.07, 6.45) is 2.50. The Kier molecular flexibility index (Phi) is 2.42. The van der Waals surface area contributed by atoms with Gasteiger partial charge in [-0.15, -0.1) is 0 Å². The van der Waals surface area contributed by atoms with Crippen molar-refractivity contribution in [2.75, 3.05) is 29.9 Å². The van der Waals surface area contributed by atoms with Gasteiger partial charge in [-0.3, -0.25) is 4.90 Å². The molecule has 17 heavy (non-hydrogen) atoms. The molecule has 2 heterocycles. The Morgan fingerprint density at radius 3 is 2.76 bits per heavy atom. The second kappa shape index (κ2) is 3.95. The smallest absolute Gasteiger partial charge is 0.321 e. The van der Waals surface area contributed by atoms with E-state index in [-0.39, 0.29) is 6.03 Å². The number of carbonyl (C=O) groups excluding carboxylic acids is 1. The normalized spacial score (nSPS) is 19.2. The Labute approximate surface area is 101 Å². The fourth-order valence-corrected chi connectivity index (χ4v) is 2.71. The summed E-state index contributed by atoms with van der Waals surface area (Å²) in [5.74, 6) is 0. The van der Waals surface area contributed by atoms with Gasteiger partial charge in [0.25, 0.3) is 0 Å². The van der Waals surface area contributed by atoms with Crippen LogP contribution in [0.2, 0.25) is 0 Å². The van der Waals surface area contributed by atoms with Gasteiger partial charge in [0.05, 0.1) is 11.4 Å². The van der Waals surface area contributed by atoms with Crippen LogP contribution in [-0.2, 0) is 6.54 Å². The van der Waals surface area contributed by atoms with Gasteiger partial charge in [-0.1, -0.05) is 12.1 Å². The fourth-order valence-electron chi connectivity index (χ4n) is 2.71. The molecule has 0 atom stereocenters. The average molecular weight is 231 g/mol. The standard InChI is InChI=1S/C13H17N3O/c1-15-12-10(9-14-13(15)17)5-4-6-11(12)16-7-2-3-8-16/h4-6H,2-3,7-9H2,1H3,(H,14,17). The molecule has 0 saturated carbocycles. The molecule has 1 fully saturated rings. The molecule has 0 radical (unpaired) electrons. The summed E-state index contributed by atoms with van der Waals surface area (Å²) in [4.78, 5) is 15.8. The first kappa shape index (κ1) is 10.4. The van der Waals surface area contributed by atoms with Crippen molar-refractivity contribution in [3.63, 3.8) is 0 Å². The molecule has 0 unspecified atom stereocenters. The summed E-state index contributed by atoms with van der Waals surface area (Å²) in [6, 6.07) is 6.28. The zero-order chi connectivity index (χ0) is 11.8. The highest BCUT2D eigenvalue weighted by Crippen LogP contribution is 2.36. The number of rotatable bonds is 1. The van der Waals surface area contributed by atoms with Crippen molar-refractivity contribution in [1.82, 2.24) is 5.32 Å². The quantitative estimate of drug-likeness (QED) is 0.801. The number of benzene rings is 1. The third kappa shape index (κ3) is 1.64. The molecule has 1 aromatic rings. The van der Waals surface area contributed by atoms with Crippen LogP contribution in [0.5, 0.6) is 0 Å². The number of carbonyl (C=O) groups is 1. The molecular weight excluding hydrogens is 214 g/mol. The first-order valence-electron chi connectivity index (χ1n) is 6.16. The molecule has 4 nitrogen and oxygen atoms in total. The number of amides is 2. The van der Waals surface area contributed by atoms with Crippen molar-refractivity contribution < 1.29 is 4.79 Å². The third-order valence-electron chi connectivity index (χ3n) is 3.62. The average Bonchev–Trinajstić information content (AvgIpc) is 2.87. The van der Waals surface area contributed by atoms with Gasteiger partial charge in [0.1, 0.15) is 0 Å². The lowest BCUT2D eigenvalue weighted by Crippen LogP contribution is -2.42. The zero-order valence-electron chi connectivity index (χ0n) is 10.1. The summed E-state index contributed by atoms with van der Waals surface area (Å²) < 4.78 is 0. The number of para-hydroxylation sites is 1. The molecular formula is C13H17N3O. The van der Waals surface area contributed by atoms with Gasteiger partial charge in [-0.05, 0) is 24.5 Å². The van der Waals surface area contributed by atoms with E-state index in [0.717, 1.165) is 18.8 Å². The summed E-state index contributed by atoms with van der Waals surface area (Å²) in [5.41, 5.74) is 3.49. The first-order valence-corrected chi connectivity index (χ1v) is 6.16. The van der Waals surface area contributed by atoms with Crippen molar-refractivity contribution in [1.29, 1.82) is 0 Å². The monoisotopic (exact) mass is 231 g/mol. The molecule has 2 aliphatic heterocycles. The van der Waals surface area contributed by atoms with Crippen LogP contribution in [0, 0.1) is 0 Å². The Morgan fingerprint density at radius 1 is 1.24 bits per heavy atom. The number of anilines is 2. The predicted octanol–water partition coefficient (Wildman–Crippen LogP) is 1.95. The lowest BCUT2D eigenvalue weighted by molar-refractivity contribution is 0.246. The van der Waals surface area contributed by atoms with E-state index < -0.39 is 0 Å². The molecule has 1 aromatic carbocycles. The highest BCUT2D eigenvalue weighted by molar-refractivity contribution is 5.98. The highest BCUT2D eigenvalue weighted by atomic mass is 16.2. The van der Waals surface area contributed by atoms with Gasteiger partial charge in [0.2, 0.25) is 0 Å². The number of nitrogens with one attached hydrogen (secondary N) is 1. The first-order chi connectivity index (χ1) is 8.27. The van der Waals surface area contributed by atoms with Crippen LogP contribution in [-0.4, -0.2) is 26.2 Å². The van der Waals surface area contributed by atoms with Crippen LogP contribution >= 0.6 is 0 Å². The molecule has 2 aliphatic rings. The van der Waals surface area contributed by atoms with Crippen molar-refractivity contribution in [2.45, 2.75) is 19.4 Å². The van der Waals surface area contributed by atoms with Gasteiger partial charge in [-0.25, -0.2) is 4.79 Å². The van der Waals surface area contributed by atoms with Gasteiger partial charge >= 0.3 is 6.03 Å². The minimum absolute atomic E-state index is 0.0100. The molecule has 1 saturated heterocycles. The maximum Gasteiger partial charge on any atom is 0.321 e. The zero-order valence-corrected chi connectivity index (χ0v) is 10.1. The molecule has 90 valence electrons. The maximum atomic E-state index is 11.7. The van der Waals surface area contributed by atoms with Gasteiger partial charge in [0, 0.05) is 26.7 Å². The summed E-state index contributed by atoms with van der Waals surface area (Å²) in [5, 5.41) is 2.87. The van der Waals surface area contributed by atoms with Crippen molar-refractivity contribution in [3.05, 3.63) is 23.8 Å². The van der Waals surface area contributed by atoms with Gasteiger partial charge < -0.3 is 10.2 Å². The van der Waals surface area contributed by atoms with Crippen LogP contribution in [0.4, 0.5) is 16.2 Å². The summed E-state index contributed by atoms with van der Waals surface area (Å²) >= 11 is 0. The Morgan fingerprint density at radius 2 is 2.00 bits per heavy atom. The second-order valence-corrected chi connectivity index (χ2v) is 4.70. The van der Waals surface area contributed by atoms with E-state index in [1.165, 1.54) is 24.1 Å². The minimum atomic E-state index is -0.0100. The lowest BCUT2D eigenvalue weighted by Gasteiger charge is -2.32. The molecule has 4 heteroatoms. The molecule has 0 bridgehead atoms. The minimum Gasteiger partial charge on any atom is -0.370 e. The Hall–Kier alpha value is -1.71. The second-order valence-electron chi connectivity index (χ2n) is 4.70. The van der Waals surface area contributed by atoms with E-state index in [4.69, 9.17) is 0 Å². The lowest BCUT2D eigenvalue weighted by atomic mass is 10.1. The van der Waals surface area contributed by atoms with Crippen LogP contribution in [0.1, 0.15) is 18.4 Å². The highest BCUT2D eigenvalue weighted by Gasteiger charge is 2.26. The topological polar surface area (TPSA) is 35.6 Å². The number of hydrogen-bond donors (Lipinski definition) is 1. The summed E-state index contributed by atoms with van der Waals surface area (Å²) in [6.45, 7) is 2.85. The van der Waals surface area contributed by atoms with Gasteiger partial charge in [0.15, 0.2) is 0 Å². The van der Waals surface area contributed by atoms with E-state index in [1.807, 2.05) is 7.05 Å². The third-order valence-corrected chi connectivity index (χ3v) is 3.62. The van der Waals surface area contributed by atoms with Crippen molar-refractivity contribution in [3.8, 4) is 0 Å². The molecule has 0 aromatic heterocycles. The summed E-state index contributed by atoms with van der Waals surface area (Å²) in [7, 11) is 1.84. The molecule has 0 aliphatic carbocycles. The largest absolute Gasteiger partial charge is 0.370 e. The number of hydrogen-bond acceptors (Lipinski definition) is 2. The van der Waals surface area contributed by atoms with Crippen molar-refractivity contribution >= 4 is 17.4 Å². The van der Waals surface area contributed by atoms with Crippen molar-refractivity contribution in [2.24, 2.45) is 0 Å².